The second-order valence-electron chi connectivity index (χ2n) is 4.89. The topological polar surface area (TPSA) is 95.1 Å². The fraction of sp³-hybridized carbons (Fsp3) is 0.200. The average Bonchev–Trinajstić information content (AvgIpc) is 3.14. The Hall–Kier alpha value is -3.16. The summed E-state index contributed by atoms with van der Waals surface area (Å²) in [5.41, 5.74) is 1.93. The van der Waals surface area contributed by atoms with Gasteiger partial charge in [0.05, 0.1) is 13.3 Å². The van der Waals surface area contributed by atoms with Crippen LogP contribution in [-0.2, 0) is 7.05 Å². The lowest BCUT2D eigenvalue weighted by Gasteiger charge is -2.02. The standard InChI is InChI=1S/C15H15N5O3/c1-9-8-16-20(2)12(9)13(21)17-15-19-18-14(23-15)10-4-6-11(22-3)7-5-10/h4-8H,1-3H3,(H,17,19,21). The van der Waals surface area contributed by atoms with E-state index < -0.39 is 0 Å². The summed E-state index contributed by atoms with van der Waals surface area (Å²) >= 11 is 0. The van der Waals surface area contributed by atoms with Crippen molar-refractivity contribution in [3.8, 4) is 17.2 Å². The number of aryl methyl sites for hydroxylation is 2. The van der Waals surface area contributed by atoms with Crippen molar-refractivity contribution >= 4 is 11.9 Å². The number of nitrogens with zero attached hydrogens (tertiary/aromatic N) is 4. The number of carbonyl (C=O) groups is 1. The van der Waals surface area contributed by atoms with E-state index in [0.717, 1.165) is 16.9 Å². The van der Waals surface area contributed by atoms with Crippen molar-refractivity contribution in [3.63, 3.8) is 0 Å². The number of amides is 1. The van der Waals surface area contributed by atoms with Crippen molar-refractivity contribution in [3.05, 3.63) is 41.7 Å². The number of ether oxygens (including phenoxy) is 1. The van der Waals surface area contributed by atoms with Gasteiger partial charge in [0, 0.05) is 12.6 Å². The lowest BCUT2D eigenvalue weighted by Crippen LogP contribution is -2.17. The van der Waals surface area contributed by atoms with Gasteiger partial charge in [0.15, 0.2) is 0 Å². The number of anilines is 1. The van der Waals surface area contributed by atoms with Crippen LogP contribution in [0.5, 0.6) is 5.75 Å². The number of benzene rings is 1. The number of hydrogen-bond acceptors (Lipinski definition) is 6. The molecule has 0 fully saturated rings. The Morgan fingerprint density at radius 2 is 2.00 bits per heavy atom. The second-order valence-corrected chi connectivity index (χ2v) is 4.89. The molecule has 0 saturated carbocycles. The number of rotatable bonds is 4. The fourth-order valence-corrected chi connectivity index (χ4v) is 2.15. The summed E-state index contributed by atoms with van der Waals surface area (Å²) in [6, 6.07) is 7.20. The van der Waals surface area contributed by atoms with E-state index in [2.05, 4.69) is 20.6 Å². The molecule has 0 aliphatic carbocycles. The molecule has 2 heterocycles. The number of nitrogens with one attached hydrogen (secondary N) is 1. The van der Waals surface area contributed by atoms with Crippen molar-refractivity contribution in [2.45, 2.75) is 6.92 Å². The van der Waals surface area contributed by atoms with Crippen LogP contribution >= 0.6 is 0 Å². The highest BCUT2D eigenvalue weighted by Crippen LogP contribution is 2.22. The molecule has 1 N–H and O–H groups in total. The third kappa shape index (κ3) is 2.91. The summed E-state index contributed by atoms with van der Waals surface area (Å²) in [5.74, 6) is 0.686. The maximum atomic E-state index is 12.2. The minimum Gasteiger partial charge on any atom is -0.497 e. The highest BCUT2D eigenvalue weighted by Gasteiger charge is 2.17. The first-order valence-corrected chi connectivity index (χ1v) is 6.86. The molecule has 3 rings (SSSR count). The third-order valence-corrected chi connectivity index (χ3v) is 3.32. The Morgan fingerprint density at radius 1 is 1.26 bits per heavy atom. The van der Waals surface area contributed by atoms with Gasteiger partial charge < -0.3 is 9.15 Å². The molecule has 23 heavy (non-hydrogen) atoms. The number of hydrogen-bond donors (Lipinski definition) is 1. The van der Waals surface area contributed by atoms with Gasteiger partial charge in [-0.05, 0) is 36.8 Å². The van der Waals surface area contributed by atoms with E-state index in [1.54, 1.807) is 51.5 Å². The number of aromatic nitrogens is 4. The molecule has 0 aliphatic heterocycles. The van der Waals surface area contributed by atoms with Crippen LogP contribution < -0.4 is 10.1 Å². The van der Waals surface area contributed by atoms with Crippen molar-refractivity contribution in [1.82, 2.24) is 20.0 Å². The molecule has 0 aliphatic rings. The van der Waals surface area contributed by atoms with E-state index in [-0.39, 0.29) is 11.9 Å². The number of methoxy groups -OCH3 is 1. The van der Waals surface area contributed by atoms with E-state index >= 15 is 0 Å². The predicted molar refractivity (Wildman–Crippen MR) is 82.2 cm³/mol. The molecule has 2 aromatic heterocycles. The van der Waals surface area contributed by atoms with Gasteiger partial charge in [0.1, 0.15) is 11.4 Å². The van der Waals surface area contributed by atoms with E-state index in [1.165, 1.54) is 4.68 Å². The SMILES string of the molecule is COc1ccc(-c2nnc(NC(=O)c3c(C)cnn3C)o2)cc1. The molecule has 0 unspecified atom stereocenters. The molecule has 3 aromatic rings. The summed E-state index contributed by atoms with van der Waals surface area (Å²) in [6.45, 7) is 1.80. The van der Waals surface area contributed by atoms with Gasteiger partial charge in [-0.15, -0.1) is 5.10 Å². The molecule has 0 atom stereocenters. The third-order valence-electron chi connectivity index (χ3n) is 3.32. The molecular weight excluding hydrogens is 298 g/mol. The first-order valence-electron chi connectivity index (χ1n) is 6.86. The highest BCUT2D eigenvalue weighted by molar-refractivity contribution is 6.02. The van der Waals surface area contributed by atoms with Crippen LogP contribution in [0.3, 0.4) is 0 Å². The minimum absolute atomic E-state index is 0.0291. The summed E-state index contributed by atoms with van der Waals surface area (Å²) in [4.78, 5) is 12.2. The zero-order valence-electron chi connectivity index (χ0n) is 12.9. The van der Waals surface area contributed by atoms with Crippen LogP contribution in [0.2, 0.25) is 0 Å². The molecule has 8 heteroatoms. The molecule has 1 amide bonds. The van der Waals surface area contributed by atoms with Crippen molar-refractivity contribution in [1.29, 1.82) is 0 Å². The van der Waals surface area contributed by atoms with Gasteiger partial charge >= 0.3 is 6.01 Å². The normalized spacial score (nSPS) is 10.6. The van der Waals surface area contributed by atoms with Gasteiger partial charge in [0.2, 0.25) is 5.89 Å². The van der Waals surface area contributed by atoms with Crippen LogP contribution in [0.1, 0.15) is 16.1 Å². The van der Waals surface area contributed by atoms with E-state index in [1.807, 2.05) is 0 Å². The van der Waals surface area contributed by atoms with E-state index in [4.69, 9.17) is 9.15 Å². The Kier molecular flexibility index (Phi) is 3.80. The predicted octanol–water partition coefficient (Wildman–Crippen LogP) is 2.04. The van der Waals surface area contributed by atoms with Crippen LogP contribution in [0.15, 0.2) is 34.9 Å². The van der Waals surface area contributed by atoms with Gasteiger partial charge in [0.25, 0.3) is 5.91 Å². The number of carbonyl (C=O) groups excluding carboxylic acids is 1. The van der Waals surface area contributed by atoms with Crippen LogP contribution in [0.25, 0.3) is 11.5 Å². The van der Waals surface area contributed by atoms with Crippen molar-refractivity contribution in [2.75, 3.05) is 12.4 Å². The minimum atomic E-state index is -0.354. The summed E-state index contributed by atoms with van der Waals surface area (Å²) in [5, 5.41) is 14.4. The molecule has 118 valence electrons. The Labute approximate surface area is 132 Å². The Bertz CT molecular complexity index is 816. The molecule has 8 nitrogen and oxygen atoms in total. The van der Waals surface area contributed by atoms with E-state index in [0.29, 0.717) is 11.6 Å². The lowest BCUT2D eigenvalue weighted by molar-refractivity contribution is 0.101. The quantitative estimate of drug-likeness (QED) is 0.792. The highest BCUT2D eigenvalue weighted by atomic mass is 16.5. The summed E-state index contributed by atoms with van der Waals surface area (Å²) in [6.07, 6.45) is 1.62. The largest absolute Gasteiger partial charge is 0.497 e. The average molecular weight is 313 g/mol. The lowest BCUT2D eigenvalue weighted by atomic mass is 10.2. The molecular formula is C15H15N5O3. The summed E-state index contributed by atoms with van der Waals surface area (Å²) < 4.78 is 12.1. The van der Waals surface area contributed by atoms with Gasteiger partial charge in [-0.1, -0.05) is 5.10 Å². The molecule has 0 radical (unpaired) electrons. The zero-order valence-corrected chi connectivity index (χ0v) is 12.9. The Balaban J connectivity index is 1.78. The van der Waals surface area contributed by atoms with Crippen molar-refractivity contribution < 1.29 is 13.9 Å². The molecule has 0 bridgehead atoms. The van der Waals surface area contributed by atoms with Crippen LogP contribution in [-0.4, -0.2) is 33.0 Å². The molecule has 0 saturated heterocycles. The van der Waals surface area contributed by atoms with Gasteiger partial charge in [-0.25, -0.2) is 0 Å². The van der Waals surface area contributed by atoms with Crippen LogP contribution in [0.4, 0.5) is 6.01 Å². The summed E-state index contributed by atoms with van der Waals surface area (Å²) in [7, 11) is 3.29. The van der Waals surface area contributed by atoms with Gasteiger partial charge in [-0.3, -0.25) is 14.8 Å². The zero-order chi connectivity index (χ0) is 16.4. The van der Waals surface area contributed by atoms with Gasteiger partial charge in [-0.2, -0.15) is 5.10 Å². The fourth-order valence-electron chi connectivity index (χ4n) is 2.15. The Morgan fingerprint density at radius 3 is 2.61 bits per heavy atom. The smallest absolute Gasteiger partial charge is 0.322 e. The van der Waals surface area contributed by atoms with Crippen LogP contribution in [0, 0.1) is 6.92 Å². The monoisotopic (exact) mass is 313 g/mol. The maximum absolute atomic E-state index is 12.2. The maximum Gasteiger partial charge on any atom is 0.322 e. The molecule has 0 spiro atoms. The first kappa shape index (κ1) is 14.8. The van der Waals surface area contributed by atoms with Crippen molar-refractivity contribution in [2.24, 2.45) is 7.05 Å². The molecule has 1 aromatic carbocycles. The van der Waals surface area contributed by atoms with E-state index in [9.17, 15) is 4.79 Å². The first-order chi connectivity index (χ1) is 11.1. The second kappa shape index (κ2) is 5.91.